The summed E-state index contributed by atoms with van der Waals surface area (Å²) in [6, 6.07) is 0.116. The van der Waals surface area contributed by atoms with E-state index in [0.717, 1.165) is 6.54 Å². The molecule has 0 aromatic heterocycles. The van der Waals surface area contributed by atoms with Gasteiger partial charge in [-0.1, -0.05) is 12.2 Å². The standard InChI is InChI=1S/C9H16N2O3S2/c10-9(15)8-5-11(2-3-14-8)7-1-4-16(12,13)6-7/h7-8H,1-6H2,(H2,10,15). The lowest BCUT2D eigenvalue weighted by atomic mass is 10.2. The molecule has 0 spiro atoms. The summed E-state index contributed by atoms with van der Waals surface area (Å²) < 4.78 is 28.2. The first-order valence-corrected chi connectivity index (χ1v) is 7.56. The summed E-state index contributed by atoms with van der Waals surface area (Å²) in [7, 11) is -2.83. The Morgan fingerprint density at radius 2 is 2.25 bits per heavy atom. The van der Waals surface area contributed by atoms with Crippen LogP contribution >= 0.6 is 12.2 Å². The summed E-state index contributed by atoms with van der Waals surface area (Å²) in [4.78, 5) is 2.49. The largest absolute Gasteiger partial charge is 0.391 e. The number of hydrogen-bond donors (Lipinski definition) is 1. The van der Waals surface area contributed by atoms with Crippen LogP contribution in [-0.2, 0) is 14.6 Å². The third kappa shape index (κ3) is 2.71. The fourth-order valence-electron chi connectivity index (χ4n) is 2.24. The zero-order valence-corrected chi connectivity index (χ0v) is 10.6. The van der Waals surface area contributed by atoms with Crippen LogP contribution in [0.15, 0.2) is 0 Å². The molecule has 0 aliphatic carbocycles. The zero-order chi connectivity index (χ0) is 11.8. The van der Waals surface area contributed by atoms with Gasteiger partial charge in [-0.3, -0.25) is 4.90 Å². The van der Waals surface area contributed by atoms with Crippen molar-refractivity contribution in [2.75, 3.05) is 31.2 Å². The molecule has 2 N–H and O–H groups in total. The van der Waals surface area contributed by atoms with Crippen LogP contribution in [-0.4, -0.2) is 61.7 Å². The number of nitrogens with zero attached hydrogens (tertiary/aromatic N) is 1. The molecular formula is C9H16N2O3S2. The lowest BCUT2D eigenvalue weighted by Crippen LogP contribution is -2.51. The van der Waals surface area contributed by atoms with Gasteiger partial charge in [0.05, 0.1) is 18.1 Å². The minimum absolute atomic E-state index is 0.116. The maximum atomic E-state index is 11.4. The van der Waals surface area contributed by atoms with Gasteiger partial charge in [-0.25, -0.2) is 8.42 Å². The second kappa shape index (κ2) is 4.56. The number of nitrogens with two attached hydrogens (primary N) is 1. The van der Waals surface area contributed by atoms with E-state index in [1.165, 1.54) is 0 Å². The summed E-state index contributed by atoms with van der Waals surface area (Å²) in [6.45, 7) is 1.95. The van der Waals surface area contributed by atoms with E-state index in [-0.39, 0.29) is 17.9 Å². The first-order chi connectivity index (χ1) is 7.48. The van der Waals surface area contributed by atoms with Crippen LogP contribution in [0.3, 0.4) is 0 Å². The van der Waals surface area contributed by atoms with Crippen molar-refractivity contribution in [1.29, 1.82) is 0 Å². The summed E-state index contributed by atoms with van der Waals surface area (Å²) in [5.41, 5.74) is 5.54. The fourth-order valence-corrected chi connectivity index (χ4v) is 4.14. The highest BCUT2D eigenvalue weighted by Crippen LogP contribution is 2.20. The van der Waals surface area contributed by atoms with Gasteiger partial charge in [-0.2, -0.15) is 0 Å². The van der Waals surface area contributed by atoms with Crippen LogP contribution < -0.4 is 5.73 Å². The molecule has 2 unspecified atom stereocenters. The molecule has 2 heterocycles. The van der Waals surface area contributed by atoms with Gasteiger partial charge in [0.1, 0.15) is 11.1 Å². The number of morpholine rings is 1. The Morgan fingerprint density at radius 1 is 1.50 bits per heavy atom. The minimum Gasteiger partial charge on any atom is -0.391 e. The Bertz CT molecular complexity index is 382. The molecule has 2 rings (SSSR count). The van der Waals surface area contributed by atoms with Gasteiger partial charge in [0.2, 0.25) is 0 Å². The van der Waals surface area contributed by atoms with Crippen molar-refractivity contribution in [2.24, 2.45) is 5.73 Å². The molecule has 92 valence electrons. The Kier molecular flexibility index (Phi) is 3.48. The molecule has 2 aliphatic rings. The lowest BCUT2D eigenvalue weighted by Gasteiger charge is -2.35. The molecule has 0 amide bonds. The second-order valence-electron chi connectivity index (χ2n) is 4.31. The molecule has 0 bridgehead atoms. The van der Waals surface area contributed by atoms with E-state index in [1.807, 2.05) is 0 Å². The van der Waals surface area contributed by atoms with Gasteiger partial charge in [0.25, 0.3) is 0 Å². The van der Waals surface area contributed by atoms with Crippen LogP contribution in [0.4, 0.5) is 0 Å². The zero-order valence-electron chi connectivity index (χ0n) is 8.96. The Balaban J connectivity index is 1.98. The van der Waals surface area contributed by atoms with Crippen molar-refractivity contribution >= 4 is 27.0 Å². The maximum Gasteiger partial charge on any atom is 0.151 e. The normalized spacial score (nSPS) is 35.0. The smallest absolute Gasteiger partial charge is 0.151 e. The predicted molar refractivity (Wildman–Crippen MR) is 65.2 cm³/mol. The maximum absolute atomic E-state index is 11.4. The summed E-state index contributed by atoms with van der Waals surface area (Å²) in [6.07, 6.45) is 0.485. The van der Waals surface area contributed by atoms with Crippen molar-refractivity contribution in [1.82, 2.24) is 4.90 Å². The van der Waals surface area contributed by atoms with E-state index in [2.05, 4.69) is 4.90 Å². The molecule has 7 heteroatoms. The fraction of sp³-hybridized carbons (Fsp3) is 0.889. The number of rotatable bonds is 2. The number of ether oxygens (including phenoxy) is 1. The van der Waals surface area contributed by atoms with Crippen LogP contribution in [0, 0.1) is 0 Å². The molecule has 5 nitrogen and oxygen atoms in total. The van der Waals surface area contributed by atoms with E-state index >= 15 is 0 Å². The van der Waals surface area contributed by atoms with Crippen molar-refractivity contribution in [3.8, 4) is 0 Å². The van der Waals surface area contributed by atoms with E-state index in [4.69, 9.17) is 22.7 Å². The number of hydrogen-bond acceptors (Lipinski definition) is 5. The van der Waals surface area contributed by atoms with Gasteiger partial charge in [0, 0.05) is 19.1 Å². The monoisotopic (exact) mass is 264 g/mol. The average molecular weight is 264 g/mol. The Labute approximate surface area is 101 Å². The van der Waals surface area contributed by atoms with E-state index in [0.29, 0.717) is 30.3 Å². The summed E-state index contributed by atoms with van der Waals surface area (Å²) in [5.74, 6) is 0.559. The third-order valence-electron chi connectivity index (χ3n) is 3.14. The van der Waals surface area contributed by atoms with Crippen LogP contribution in [0.25, 0.3) is 0 Å². The average Bonchev–Trinajstić information content (AvgIpc) is 2.59. The quantitative estimate of drug-likeness (QED) is 0.656. The van der Waals surface area contributed by atoms with Gasteiger partial charge < -0.3 is 10.5 Å². The SMILES string of the molecule is NC(=S)C1CN(C2CCS(=O)(=O)C2)CCO1. The molecule has 0 aromatic carbocycles. The molecule has 0 radical (unpaired) electrons. The third-order valence-corrected chi connectivity index (χ3v) is 5.15. The highest BCUT2D eigenvalue weighted by Gasteiger charge is 2.35. The molecular weight excluding hydrogens is 248 g/mol. The highest BCUT2D eigenvalue weighted by molar-refractivity contribution is 7.91. The van der Waals surface area contributed by atoms with Crippen molar-refractivity contribution < 1.29 is 13.2 Å². The number of thiocarbonyl (C=S) groups is 1. The first-order valence-electron chi connectivity index (χ1n) is 5.33. The predicted octanol–water partition coefficient (Wildman–Crippen LogP) is -0.840. The summed E-state index contributed by atoms with van der Waals surface area (Å²) >= 11 is 4.90. The lowest BCUT2D eigenvalue weighted by molar-refractivity contribution is -0.00666. The molecule has 0 saturated carbocycles. The molecule has 16 heavy (non-hydrogen) atoms. The van der Waals surface area contributed by atoms with E-state index in [1.54, 1.807) is 0 Å². The number of sulfone groups is 1. The molecule has 2 fully saturated rings. The first kappa shape index (κ1) is 12.2. The topological polar surface area (TPSA) is 72.6 Å². The van der Waals surface area contributed by atoms with Crippen molar-refractivity contribution in [3.63, 3.8) is 0 Å². The highest BCUT2D eigenvalue weighted by atomic mass is 32.2. The van der Waals surface area contributed by atoms with E-state index in [9.17, 15) is 8.42 Å². The molecule has 2 saturated heterocycles. The minimum atomic E-state index is -2.83. The van der Waals surface area contributed by atoms with E-state index < -0.39 is 9.84 Å². The molecule has 0 aromatic rings. The second-order valence-corrected chi connectivity index (χ2v) is 7.01. The van der Waals surface area contributed by atoms with Crippen LogP contribution in [0.5, 0.6) is 0 Å². The molecule has 2 aliphatic heterocycles. The summed E-state index contributed by atoms with van der Waals surface area (Å²) in [5, 5.41) is 0. The molecule has 2 atom stereocenters. The van der Waals surface area contributed by atoms with Crippen LogP contribution in [0.2, 0.25) is 0 Å². The van der Waals surface area contributed by atoms with Gasteiger partial charge in [0.15, 0.2) is 9.84 Å². The van der Waals surface area contributed by atoms with Crippen molar-refractivity contribution in [2.45, 2.75) is 18.6 Å². The van der Waals surface area contributed by atoms with Crippen molar-refractivity contribution in [3.05, 3.63) is 0 Å². The van der Waals surface area contributed by atoms with Crippen LogP contribution in [0.1, 0.15) is 6.42 Å². The van der Waals surface area contributed by atoms with Gasteiger partial charge >= 0.3 is 0 Å². The van der Waals surface area contributed by atoms with Gasteiger partial charge in [-0.05, 0) is 6.42 Å². The Hall–Kier alpha value is -0.240. The Morgan fingerprint density at radius 3 is 2.81 bits per heavy atom. The van der Waals surface area contributed by atoms with Gasteiger partial charge in [-0.15, -0.1) is 0 Å².